The molecular formula is C11H13F3O4S. The molecule has 0 amide bonds. The lowest BCUT2D eigenvalue weighted by Gasteiger charge is -2.25. The molecule has 0 radical (unpaired) electrons. The third-order valence-corrected chi connectivity index (χ3v) is 3.48. The van der Waals surface area contributed by atoms with E-state index in [-0.39, 0.29) is 0 Å². The van der Waals surface area contributed by atoms with E-state index < -0.39 is 40.2 Å². The fourth-order valence-corrected chi connectivity index (χ4v) is 1.95. The summed E-state index contributed by atoms with van der Waals surface area (Å²) < 4.78 is 86.2. The summed E-state index contributed by atoms with van der Waals surface area (Å²) >= 11 is 0. The average molecular weight is 301 g/mol. The van der Waals surface area contributed by atoms with E-state index in [0.29, 0.717) is 5.56 Å². The average Bonchev–Trinajstić information content (AvgIpc) is 2.33. The summed E-state index contributed by atoms with van der Waals surface area (Å²) in [7, 11) is -4.64. The molecule has 8 heteroatoms. The third kappa shape index (κ3) is 3.92. The number of rotatable bonds is 4. The maximum atomic E-state index is 12.7. The van der Waals surface area contributed by atoms with Crippen LogP contribution in [0.5, 0.6) is 0 Å². The molecule has 1 rings (SSSR count). The molecule has 0 spiro atoms. The summed E-state index contributed by atoms with van der Waals surface area (Å²) in [6.45, 7) is -4.22. The van der Waals surface area contributed by atoms with Crippen LogP contribution < -0.4 is 0 Å². The molecule has 0 fully saturated rings. The van der Waals surface area contributed by atoms with Crippen molar-refractivity contribution < 1.29 is 35.0 Å². The van der Waals surface area contributed by atoms with Gasteiger partial charge in [0.25, 0.3) is 10.1 Å². The lowest BCUT2D eigenvalue weighted by Crippen LogP contribution is -2.46. The van der Waals surface area contributed by atoms with Gasteiger partial charge >= 0.3 is 6.18 Å². The zero-order chi connectivity index (χ0) is 17.4. The molecule has 1 N–H and O–H groups in total. The molecule has 0 saturated heterocycles. The van der Waals surface area contributed by atoms with E-state index in [4.69, 9.17) is 4.11 Å². The summed E-state index contributed by atoms with van der Waals surface area (Å²) in [6, 6.07) is 4.95. The van der Waals surface area contributed by atoms with Crippen LogP contribution in [0.1, 0.15) is 16.5 Å². The molecule has 0 aliphatic carbocycles. The van der Waals surface area contributed by atoms with Crippen LogP contribution in [0.3, 0.4) is 0 Å². The van der Waals surface area contributed by atoms with Crippen molar-refractivity contribution in [3.05, 3.63) is 29.8 Å². The zero-order valence-corrected chi connectivity index (χ0v) is 10.5. The minimum atomic E-state index is -5.60. The molecule has 1 atom stereocenters. The van der Waals surface area contributed by atoms with Crippen molar-refractivity contribution in [1.29, 1.82) is 0 Å². The molecule has 19 heavy (non-hydrogen) atoms. The van der Waals surface area contributed by atoms with E-state index in [0.717, 1.165) is 12.1 Å². The van der Waals surface area contributed by atoms with Crippen molar-refractivity contribution in [2.45, 2.75) is 30.4 Å². The van der Waals surface area contributed by atoms with Crippen LogP contribution in [-0.2, 0) is 14.3 Å². The topological polar surface area (TPSA) is 63.6 Å². The zero-order valence-electron chi connectivity index (χ0n) is 12.7. The number of hydrogen-bond acceptors (Lipinski definition) is 4. The number of aryl methyl sites for hydroxylation is 1. The summed E-state index contributed by atoms with van der Waals surface area (Å²) in [5.41, 5.74) is -3.59. The van der Waals surface area contributed by atoms with Gasteiger partial charge in [0.1, 0.15) is 6.61 Å². The smallest absolute Gasteiger partial charge is 0.379 e. The van der Waals surface area contributed by atoms with Crippen molar-refractivity contribution in [3.8, 4) is 0 Å². The summed E-state index contributed by atoms with van der Waals surface area (Å²) in [5.74, 6) is 0. The monoisotopic (exact) mass is 301 g/mol. The summed E-state index contributed by atoms with van der Waals surface area (Å²) in [4.78, 5) is -0.451. The van der Waals surface area contributed by atoms with Crippen LogP contribution in [0, 0.1) is 6.92 Å². The van der Waals surface area contributed by atoms with Crippen molar-refractivity contribution >= 4 is 10.1 Å². The predicted molar refractivity (Wildman–Crippen MR) is 61.0 cm³/mol. The van der Waals surface area contributed by atoms with Gasteiger partial charge in [-0.2, -0.15) is 21.6 Å². The van der Waals surface area contributed by atoms with Crippen molar-refractivity contribution in [2.24, 2.45) is 0 Å². The van der Waals surface area contributed by atoms with Crippen LogP contribution in [0.15, 0.2) is 29.2 Å². The normalized spacial score (nSPS) is 19.1. The summed E-state index contributed by atoms with van der Waals surface area (Å²) in [6.07, 6.45) is -5.60. The number of aliphatic hydroxyl groups is 1. The van der Waals surface area contributed by atoms with Gasteiger partial charge in [0.15, 0.2) is 5.60 Å². The predicted octanol–water partition coefficient (Wildman–Crippen LogP) is 2.01. The maximum Gasteiger partial charge on any atom is 0.419 e. The second-order valence-corrected chi connectivity index (χ2v) is 5.50. The molecule has 0 aliphatic heterocycles. The standard InChI is InChI=1S/C11H13F3O4S/c1-8-3-5-9(6-4-8)19(16,17)18-7-10(2,15)11(12,13)14/h3-6,15H,7H2,1-2H3/i2D3. The molecule has 0 heterocycles. The Hall–Kier alpha value is -1.12. The van der Waals surface area contributed by atoms with Crippen LogP contribution in [0.4, 0.5) is 13.2 Å². The Labute approximate surface area is 113 Å². The number of halogens is 3. The van der Waals surface area contributed by atoms with E-state index in [1.807, 2.05) is 0 Å². The second kappa shape index (κ2) is 5.10. The Balaban J connectivity index is 3.06. The maximum absolute atomic E-state index is 12.7. The molecule has 0 bridgehead atoms. The minimum absolute atomic E-state index is 0.451. The molecule has 1 aromatic carbocycles. The Kier molecular flexibility index (Phi) is 3.14. The highest BCUT2D eigenvalue weighted by molar-refractivity contribution is 7.86. The highest BCUT2D eigenvalue weighted by atomic mass is 32.2. The van der Waals surface area contributed by atoms with Crippen LogP contribution in [0.25, 0.3) is 0 Å². The minimum Gasteiger partial charge on any atom is -0.379 e. The Bertz CT molecular complexity index is 609. The van der Waals surface area contributed by atoms with E-state index in [9.17, 15) is 26.7 Å². The molecule has 0 aliphatic rings. The largest absolute Gasteiger partial charge is 0.419 e. The van der Waals surface area contributed by atoms with Crippen LogP contribution >= 0.6 is 0 Å². The fraction of sp³-hybridized carbons (Fsp3) is 0.455. The van der Waals surface area contributed by atoms with Gasteiger partial charge in [0.2, 0.25) is 0 Å². The molecular weight excluding hydrogens is 285 g/mol. The van der Waals surface area contributed by atoms with Crippen molar-refractivity contribution in [1.82, 2.24) is 0 Å². The van der Waals surface area contributed by atoms with Gasteiger partial charge in [-0.3, -0.25) is 4.18 Å². The molecule has 1 unspecified atom stereocenters. The van der Waals surface area contributed by atoms with E-state index in [1.54, 1.807) is 6.92 Å². The van der Waals surface area contributed by atoms with Gasteiger partial charge in [0, 0.05) is 4.11 Å². The highest BCUT2D eigenvalue weighted by Crippen LogP contribution is 2.31. The van der Waals surface area contributed by atoms with Gasteiger partial charge in [-0.25, -0.2) is 0 Å². The van der Waals surface area contributed by atoms with Gasteiger partial charge in [0.05, 0.1) is 4.90 Å². The number of benzene rings is 1. The quantitative estimate of drug-likeness (QED) is 0.864. The van der Waals surface area contributed by atoms with Gasteiger partial charge < -0.3 is 5.11 Å². The Morgan fingerprint density at radius 1 is 1.32 bits per heavy atom. The lowest BCUT2D eigenvalue weighted by molar-refractivity contribution is -0.260. The lowest BCUT2D eigenvalue weighted by atomic mass is 10.1. The highest BCUT2D eigenvalue weighted by Gasteiger charge is 2.51. The van der Waals surface area contributed by atoms with Crippen LogP contribution in [0.2, 0.25) is 0 Å². The number of hydrogen-bond donors (Lipinski definition) is 1. The molecule has 4 nitrogen and oxygen atoms in total. The first kappa shape index (κ1) is 11.7. The Morgan fingerprint density at radius 3 is 2.26 bits per heavy atom. The molecule has 1 aromatic rings. The molecule has 108 valence electrons. The third-order valence-electron chi connectivity index (χ3n) is 2.20. The fourth-order valence-electron chi connectivity index (χ4n) is 1.02. The summed E-state index contributed by atoms with van der Waals surface area (Å²) in [5, 5.41) is 9.36. The second-order valence-electron chi connectivity index (χ2n) is 3.89. The van der Waals surface area contributed by atoms with E-state index >= 15 is 0 Å². The van der Waals surface area contributed by atoms with Crippen molar-refractivity contribution in [2.75, 3.05) is 6.61 Å². The number of alkyl halides is 3. The SMILES string of the molecule is [2H]C([2H])([2H])C(O)(COS(=O)(=O)c1ccc(C)cc1)C(F)(F)F. The molecule has 0 aromatic heterocycles. The van der Waals surface area contributed by atoms with Gasteiger partial charge in [-0.1, -0.05) is 17.7 Å². The van der Waals surface area contributed by atoms with E-state index in [1.165, 1.54) is 12.1 Å². The van der Waals surface area contributed by atoms with Gasteiger partial charge in [-0.05, 0) is 25.9 Å². The van der Waals surface area contributed by atoms with E-state index in [2.05, 4.69) is 4.18 Å². The first-order chi connectivity index (χ1) is 9.71. The Morgan fingerprint density at radius 2 is 1.84 bits per heavy atom. The first-order valence-corrected chi connectivity index (χ1v) is 6.37. The van der Waals surface area contributed by atoms with Gasteiger partial charge in [-0.15, -0.1) is 0 Å². The van der Waals surface area contributed by atoms with Crippen LogP contribution in [-0.4, -0.2) is 31.9 Å². The first-order valence-electron chi connectivity index (χ1n) is 6.46. The van der Waals surface area contributed by atoms with Crippen molar-refractivity contribution in [3.63, 3.8) is 0 Å². The molecule has 0 saturated carbocycles.